The molecule has 0 amide bonds. The highest BCUT2D eigenvalue weighted by atomic mass is 32.1. The Morgan fingerprint density at radius 1 is 1.50 bits per heavy atom. The van der Waals surface area contributed by atoms with E-state index in [1.54, 1.807) is 24.3 Å². The smallest absolute Gasteiger partial charge is 0.363 e. The Bertz CT molecular complexity index is 443. The number of cyclic esters (lactones) is 1. The highest BCUT2D eigenvalue weighted by Crippen LogP contribution is 2.21. The average molecular weight is 207 g/mol. The van der Waals surface area contributed by atoms with Crippen LogP contribution < -0.4 is 0 Å². The molecule has 1 aromatic heterocycles. The molecule has 0 aromatic carbocycles. The van der Waals surface area contributed by atoms with Crippen molar-refractivity contribution in [2.75, 3.05) is 0 Å². The van der Waals surface area contributed by atoms with Crippen molar-refractivity contribution in [3.05, 3.63) is 27.6 Å². The SMILES string of the molecule is CC1=N/C(=C\c2sccc2C)C(=O)O1. The van der Waals surface area contributed by atoms with Gasteiger partial charge in [-0.15, -0.1) is 11.3 Å². The molecular weight excluding hydrogens is 198 g/mol. The Morgan fingerprint density at radius 3 is 2.79 bits per heavy atom. The van der Waals surface area contributed by atoms with Gasteiger partial charge in [-0.1, -0.05) is 0 Å². The molecule has 0 radical (unpaired) electrons. The molecule has 0 unspecified atom stereocenters. The van der Waals surface area contributed by atoms with Gasteiger partial charge in [0.25, 0.3) is 0 Å². The van der Waals surface area contributed by atoms with Gasteiger partial charge < -0.3 is 4.74 Å². The van der Waals surface area contributed by atoms with Gasteiger partial charge in [0.15, 0.2) is 11.6 Å². The van der Waals surface area contributed by atoms with E-state index in [2.05, 4.69) is 4.99 Å². The normalized spacial score (nSPS) is 18.6. The third kappa shape index (κ3) is 1.61. The minimum atomic E-state index is -0.365. The van der Waals surface area contributed by atoms with Gasteiger partial charge in [0.1, 0.15) is 0 Å². The van der Waals surface area contributed by atoms with Crippen molar-refractivity contribution in [2.24, 2.45) is 4.99 Å². The lowest BCUT2D eigenvalue weighted by molar-refractivity contribution is -0.130. The van der Waals surface area contributed by atoms with Crippen LogP contribution in [0.5, 0.6) is 0 Å². The van der Waals surface area contributed by atoms with Gasteiger partial charge in [0.05, 0.1) is 0 Å². The minimum Gasteiger partial charge on any atom is -0.407 e. The second kappa shape index (κ2) is 3.38. The highest BCUT2D eigenvalue weighted by molar-refractivity contribution is 7.11. The first kappa shape index (κ1) is 9.15. The summed E-state index contributed by atoms with van der Waals surface area (Å²) in [7, 11) is 0. The summed E-state index contributed by atoms with van der Waals surface area (Å²) in [4.78, 5) is 16.3. The van der Waals surface area contributed by atoms with E-state index >= 15 is 0 Å². The number of aryl methyl sites for hydroxylation is 1. The fraction of sp³-hybridized carbons (Fsp3) is 0.200. The van der Waals surface area contributed by atoms with Crippen molar-refractivity contribution < 1.29 is 9.53 Å². The van der Waals surface area contributed by atoms with E-state index in [4.69, 9.17) is 4.74 Å². The first-order chi connectivity index (χ1) is 6.66. The van der Waals surface area contributed by atoms with Crippen LogP contribution in [0, 0.1) is 6.92 Å². The minimum absolute atomic E-state index is 0.365. The number of thiophene rings is 1. The molecule has 2 heterocycles. The zero-order valence-corrected chi connectivity index (χ0v) is 8.72. The largest absolute Gasteiger partial charge is 0.407 e. The number of carbonyl (C=O) groups is 1. The number of esters is 1. The molecule has 2 rings (SSSR count). The summed E-state index contributed by atoms with van der Waals surface area (Å²) in [6.45, 7) is 3.67. The maximum atomic E-state index is 11.2. The van der Waals surface area contributed by atoms with Crippen LogP contribution in [0.4, 0.5) is 0 Å². The van der Waals surface area contributed by atoms with Gasteiger partial charge in [-0.25, -0.2) is 9.79 Å². The molecule has 0 saturated carbocycles. The van der Waals surface area contributed by atoms with Gasteiger partial charge in [0, 0.05) is 11.8 Å². The third-order valence-electron chi connectivity index (χ3n) is 1.90. The fourth-order valence-corrected chi connectivity index (χ4v) is 2.02. The number of hydrogen-bond donors (Lipinski definition) is 0. The van der Waals surface area contributed by atoms with Crippen LogP contribution >= 0.6 is 11.3 Å². The van der Waals surface area contributed by atoms with Gasteiger partial charge in [-0.2, -0.15) is 0 Å². The lowest BCUT2D eigenvalue weighted by Crippen LogP contribution is -1.99. The van der Waals surface area contributed by atoms with Crippen LogP contribution in [0.2, 0.25) is 0 Å². The molecule has 72 valence electrons. The average Bonchev–Trinajstić information content (AvgIpc) is 2.62. The van der Waals surface area contributed by atoms with Crippen LogP contribution in [0.15, 0.2) is 22.1 Å². The quantitative estimate of drug-likeness (QED) is 0.524. The fourth-order valence-electron chi connectivity index (χ4n) is 1.17. The van der Waals surface area contributed by atoms with Crippen molar-refractivity contribution >= 4 is 29.3 Å². The molecule has 1 aliphatic rings. The predicted molar refractivity (Wildman–Crippen MR) is 56.2 cm³/mol. The molecule has 0 saturated heterocycles. The number of ether oxygens (including phenoxy) is 1. The third-order valence-corrected chi connectivity index (χ3v) is 2.86. The predicted octanol–water partition coefficient (Wildman–Crippen LogP) is 2.37. The van der Waals surface area contributed by atoms with E-state index in [-0.39, 0.29) is 5.97 Å². The molecular formula is C10H9NO2S. The van der Waals surface area contributed by atoms with E-state index in [1.165, 1.54) is 0 Å². The van der Waals surface area contributed by atoms with Crippen LogP contribution in [-0.2, 0) is 9.53 Å². The first-order valence-electron chi connectivity index (χ1n) is 4.20. The number of carbonyl (C=O) groups excluding carboxylic acids is 1. The van der Waals surface area contributed by atoms with Crippen LogP contribution in [0.1, 0.15) is 17.4 Å². The molecule has 14 heavy (non-hydrogen) atoms. The summed E-state index contributed by atoms with van der Waals surface area (Å²) >= 11 is 1.59. The van der Waals surface area contributed by atoms with Gasteiger partial charge in [-0.05, 0) is 30.0 Å². The van der Waals surface area contributed by atoms with Gasteiger partial charge in [-0.3, -0.25) is 0 Å². The summed E-state index contributed by atoms with van der Waals surface area (Å²) in [6, 6.07) is 2.01. The number of aliphatic imine (C=N–C) groups is 1. The molecule has 1 aliphatic heterocycles. The van der Waals surface area contributed by atoms with Crippen LogP contribution in [0.25, 0.3) is 6.08 Å². The van der Waals surface area contributed by atoms with E-state index < -0.39 is 0 Å². The zero-order chi connectivity index (χ0) is 10.1. The Hall–Kier alpha value is -1.42. The lowest BCUT2D eigenvalue weighted by Gasteiger charge is -1.90. The first-order valence-corrected chi connectivity index (χ1v) is 5.08. The lowest BCUT2D eigenvalue weighted by atomic mass is 10.2. The Labute approximate surface area is 85.7 Å². The molecule has 0 atom stereocenters. The zero-order valence-electron chi connectivity index (χ0n) is 7.90. The number of hydrogen-bond acceptors (Lipinski definition) is 4. The highest BCUT2D eigenvalue weighted by Gasteiger charge is 2.19. The molecule has 0 bridgehead atoms. The van der Waals surface area contributed by atoms with E-state index in [1.807, 2.05) is 18.4 Å². The van der Waals surface area contributed by atoms with Crippen molar-refractivity contribution in [1.82, 2.24) is 0 Å². The van der Waals surface area contributed by atoms with Crippen molar-refractivity contribution in [2.45, 2.75) is 13.8 Å². The Kier molecular flexibility index (Phi) is 2.21. The number of rotatable bonds is 1. The van der Waals surface area contributed by atoms with Crippen LogP contribution in [0.3, 0.4) is 0 Å². The van der Waals surface area contributed by atoms with Crippen molar-refractivity contribution in [3.8, 4) is 0 Å². The summed E-state index contributed by atoms with van der Waals surface area (Å²) in [5.41, 5.74) is 1.53. The molecule has 1 aromatic rings. The molecule has 0 spiro atoms. The molecule has 4 heteroatoms. The second-order valence-corrected chi connectivity index (χ2v) is 3.97. The molecule has 3 nitrogen and oxygen atoms in total. The van der Waals surface area contributed by atoms with Gasteiger partial charge >= 0.3 is 5.97 Å². The maximum Gasteiger partial charge on any atom is 0.363 e. The van der Waals surface area contributed by atoms with Gasteiger partial charge in [0.2, 0.25) is 0 Å². The van der Waals surface area contributed by atoms with E-state index in [0.717, 1.165) is 10.4 Å². The second-order valence-electron chi connectivity index (χ2n) is 3.02. The van der Waals surface area contributed by atoms with E-state index in [9.17, 15) is 4.79 Å². The molecule has 0 N–H and O–H groups in total. The summed E-state index contributed by atoms with van der Waals surface area (Å²) in [5, 5.41) is 1.98. The monoisotopic (exact) mass is 207 g/mol. The van der Waals surface area contributed by atoms with Crippen molar-refractivity contribution in [1.29, 1.82) is 0 Å². The molecule has 0 fully saturated rings. The Morgan fingerprint density at radius 2 is 2.29 bits per heavy atom. The number of nitrogens with zero attached hydrogens (tertiary/aromatic N) is 1. The summed E-state index contributed by atoms with van der Waals surface area (Å²) in [5.74, 6) is 0.0470. The van der Waals surface area contributed by atoms with Crippen LogP contribution in [-0.4, -0.2) is 11.9 Å². The standard InChI is InChI=1S/C10H9NO2S/c1-6-3-4-14-9(6)5-8-10(12)13-7(2)11-8/h3-5H,1-2H3/b8-5-. The topological polar surface area (TPSA) is 38.7 Å². The summed E-state index contributed by atoms with van der Waals surface area (Å²) in [6.07, 6.45) is 1.76. The van der Waals surface area contributed by atoms with E-state index in [0.29, 0.717) is 11.6 Å². The summed E-state index contributed by atoms with van der Waals surface area (Å²) < 4.78 is 4.81. The maximum absolute atomic E-state index is 11.2. The van der Waals surface area contributed by atoms with Crippen molar-refractivity contribution in [3.63, 3.8) is 0 Å². The Balaban J connectivity index is 2.36. The molecule has 0 aliphatic carbocycles.